The van der Waals surface area contributed by atoms with Gasteiger partial charge in [-0.15, -0.1) is 0 Å². The van der Waals surface area contributed by atoms with E-state index in [1.807, 2.05) is 0 Å². The molecule has 0 spiro atoms. The van der Waals surface area contributed by atoms with Gasteiger partial charge in [-0.1, -0.05) is 0 Å². The second-order valence-corrected chi connectivity index (χ2v) is 2.69. The molecule has 0 bridgehead atoms. The Bertz CT molecular complexity index is 217. The van der Waals surface area contributed by atoms with Gasteiger partial charge in [0.2, 0.25) is 0 Å². The fourth-order valence-electron chi connectivity index (χ4n) is 0. The third-order valence-electron chi connectivity index (χ3n) is 0. The maximum absolute atomic E-state index is 8.74. The maximum atomic E-state index is 8.74. The van der Waals surface area contributed by atoms with Gasteiger partial charge in [-0.05, 0) is 0 Å². The van der Waals surface area contributed by atoms with Gasteiger partial charge < -0.3 is 0 Å². The second-order valence-electron chi connectivity index (χ2n) is 0.896. The molecule has 0 radical (unpaired) electrons. The summed E-state index contributed by atoms with van der Waals surface area (Å²) in [4.78, 5) is 0. The Morgan fingerprint density at radius 1 is 0.615 bits per heavy atom. The van der Waals surface area contributed by atoms with E-state index in [9.17, 15) is 0 Å². The third-order valence-corrected chi connectivity index (χ3v) is 0. The maximum Gasteiger partial charge on any atom is 0.316 e. The van der Waals surface area contributed by atoms with Crippen LogP contribution in [0.2, 0.25) is 0 Å². The number of rotatable bonds is 0. The van der Waals surface area contributed by atoms with Crippen LogP contribution in [-0.2, 0) is 20.8 Å². The van der Waals surface area contributed by atoms with Gasteiger partial charge in [0.25, 0.3) is 0 Å². The van der Waals surface area contributed by atoms with Crippen LogP contribution in [-0.4, -0.2) is 133 Å². The van der Waals surface area contributed by atoms with E-state index in [4.69, 9.17) is 35.0 Å². The molecule has 0 unspecified atom stereocenters. The van der Waals surface area contributed by atoms with Crippen LogP contribution in [0, 0.1) is 0 Å². The molecule has 0 aromatic heterocycles. The third kappa shape index (κ3) is 294. The minimum Gasteiger partial charge on any atom is 0.316 e. The van der Waals surface area contributed by atoms with Crippen molar-refractivity contribution in [1.82, 2.24) is 0 Å². The van der Waals surface area contributed by atoms with Crippen molar-refractivity contribution in [3.05, 3.63) is 0 Å². The topological polar surface area (TPSA) is 149 Å². The Morgan fingerprint density at radius 2 is 0.615 bits per heavy atom. The fraction of sp³-hybridized carbons (Fsp3) is 0. The Hall–Kier alpha value is 2.91. The quantitative estimate of drug-likeness (QED) is 0.262. The van der Waals surface area contributed by atoms with Crippen LogP contribution in [0.15, 0.2) is 0 Å². The average Bonchev–Trinajstić information content (AvgIpc) is 1.12. The zero-order chi connectivity index (χ0) is 9.00. The second kappa shape index (κ2) is 13.0. The molecule has 0 saturated carbocycles. The van der Waals surface area contributed by atoms with Crippen molar-refractivity contribution in [2.45, 2.75) is 0 Å². The van der Waals surface area contributed by atoms with Crippen molar-refractivity contribution in [1.29, 1.82) is 0 Å². The first kappa shape index (κ1) is 29.7. The Morgan fingerprint density at radius 3 is 0.615 bits per heavy atom. The van der Waals surface area contributed by atoms with Crippen molar-refractivity contribution in [2.24, 2.45) is 0 Å². The molecule has 0 aliphatic heterocycles. The fourth-order valence-corrected chi connectivity index (χ4v) is 0. The van der Waals surface area contributed by atoms with Gasteiger partial charge in [0.15, 0.2) is 0 Å². The molecule has 4 N–H and O–H groups in total. The molecular weight excluding hydrogens is 280 g/mol. The van der Waals surface area contributed by atoms with Crippen molar-refractivity contribution in [2.75, 3.05) is 0 Å². The van der Waals surface area contributed by atoms with Crippen LogP contribution in [0.5, 0.6) is 0 Å². The van der Waals surface area contributed by atoms with E-state index in [2.05, 4.69) is 0 Å². The summed E-state index contributed by atoms with van der Waals surface area (Å²) in [6, 6.07) is 0. The van der Waals surface area contributed by atoms with E-state index in [1.165, 1.54) is 0 Å². The molecule has 0 aromatic rings. The summed E-state index contributed by atoms with van der Waals surface area (Å²) in [7, 11) is -9.33. The summed E-state index contributed by atoms with van der Waals surface area (Å²) in [6.45, 7) is 0. The van der Waals surface area contributed by atoms with Gasteiger partial charge in [-0.3, -0.25) is 18.2 Å². The van der Waals surface area contributed by atoms with Gasteiger partial charge >= 0.3 is 118 Å². The first-order valence-electron chi connectivity index (χ1n) is 1.40. The summed E-state index contributed by atoms with van der Waals surface area (Å²) in [5, 5.41) is 0. The molecule has 13 heteroatoms. The smallest absolute Gasteiger partial charge is 0.316 e. The van der Waals surface area contributed by atoms with Gasteiger partial charge in [0.1, 0.15) is 0 Å². The molecular formula is H9KMg2O8S2. The molecule has 0 fully saturated rings. The first-order chi connectivity index (χ1) is 4.00. The zero-order valence-electron chi connectivity index (χ0n) is 4.24. The molecule has 0 rings (SSSR count). The SMILES string of the molecule is O=S(=O)(O)O.O=S(=O)(O)O.[KH].[MgH2].[MgH2]. The summed E-state index contributed by atoms with van der Waals surface area (Å²) in [5.41, 5.74) is 0. The molecule has 0 aromatic carbocycles. The molecule has 13 heavy (non-hydrogen) atoms. The van der Waals surface area contributed by atoms with E-state index in [1.54, 1.807) is 0 Å². The molecule has 0 heterocycles. The van der Waals surface area contributed by atoms with E-state index >= 15 is 0 Å². The van der Waals surface area contributed by atoms with Crippen LogP contribution in [0.1, 0.15) is 0 Å². The summed E-state index contributed by atoms with van der Waals surface area (Å²) in [5.74, 6) is 0. The van der Waals surface area contributed by atoms with E-state index in [0.717, 1.165) is 0 Å². The number of hydrogen-bond acceptors (Lipinski definition) is 4. The van der Waals surface area contributed by atoms with E-state index in [0.29, 0.717) is 0 Å². The molecule has 74 valence electrons. The van der Waals surface area contributed by atoms with Crippen LogP contribution < -0.4 is 0 Å². The molecule has 0 amide bonds. The Balaban J connectivity index is -0.0000000267. The molecule has 0 saturated heterocycles. The van der Waals surface area contributed by atoms with Crippen molar-refractivity contribution >= 4 is 118 Å². The largest absolute Gasteiger partial charge is 0.316 e. The van der Waals surface area contributed by atoms with Crippen molar-refractivity contribution in [3.8, 4) is 0 Å². The standard InChI is InChI=1S/K.2Mg.2H2O4S.5H/c;;;2*1-5(2,3)4;;;;;/h;;;2*(H2,1,2,3,4);;;;;. The Kier molecular flexibility index (Phi) is 29.7. The monoisotopic (exact) mass is 288 g/mol. The van der Waals surface area contributed by atoms with Crippen molar-refractivity contribution in [3.63, 3.8) is 0 Å². The molecule has 8 nitrogen and oxygen atoms in total. The summed E-state index contributed by atoms with van der Waals surface area (Å²) in [6.07, 6.45) is 0. The Labute approximate surface area is 150 Å². The van der Waals surface area contributed by atoms with E-state index in [-0.39, 0.29) is 97.5 Å². The van der Waals surface area contributed by atoms with Crippen LogP contribution in [0.4, 0.5) is 0 Å². The average molecular weight is 289 g/mol. The van der Waals surface area contributed by atoms with Crippen LogP contribution in [0.25, 0.3) is 0 Å². The molecule has 0 atom stereocenters. The van der Waals surface area contributed by atoms with Gasteiger partial charge in [0, 0.05) is 0 Å². The first-order valence-corrected chi connectivity index (χ1v) is 4.19. The van der Waals surface area contributed by atoms with Gasteiger partial charge in [0.05, 0.1) is 0 Å². The number of hydrogen-bond donors (Lipinski definition) is 4. The summed E-state index contributed by atoms with van der Waals surface area (Å²) >= 11 is 0. The van der Waals surface area contributed by atoms with Gasteiger partial charge in [-0.25, -0.2) is 0 Å². The minimum atomic E-state index is -4.67. The molecule has 0 aliphatic carbocycles. The van der Waals surface area contributed by atoms with Crippen LogP contribution in [0.3, 0.4) is 0 Å². The normalized spacial score (nSPS) is 8.92. The summed E-state index contributed by atoms with van der Waals surface area (Å²) < 4.78 is 63.2. The van der Waals surface area contributed by atoms with Crippen molar-refractivity contribution < 1.29 is 35.0 Å². The predicted octanol–water partition coefficient (Wildman–Crippen LogP) is -3.79. The van der Waals surface area contributed by atoms with Crippen LogP contribution >= 0.6 is 0 Å². The van der Waals surface area contributed by atoms with Gasteiger partial charge in [-0.2, -0.15) is 16.8 Å². The zero-order valence-corrected chi connectivity index (χ0v) is 5.87. The minimum absolute atomic E-state index is 0. The van der Waals surface area contributed by atoms with E-state index < -0.39 is 20.8 Å². The predicted molar refractivity (Wildman–Crippen MR) is 52.6 cm³/mol. The molecule has 0 aliphatic rings.